The number of likely N-dealkylation sites (N-methyl/N-ethyl adjacent to an activating group) is 1. The molecule has 10 nitrogen and oxygen atoms in total. The van der Waals surface area contributed by atoms with Gasteiger partial charge in [-0.1, -0.05) is 76.2 Å². The standard InChI is InChI=1S/C32H39N5O5/c1-20(2)15-26(36(5)29(39)27(21(3)4)35-31(41)42-18-22-11-7-6-8-12-22)28(38)37-19-32(16-23(37)17-33)24-13-9-10-14-25(24)34-30(32)40/h6-14,20-21,23,26-27H,15-16,18-19H2,1-5H3,(H,34,40)(H,35,41)/t23-,26-,27-,32-/m0/s1. The highest BCUT2D eigenvalue weighted by Gasteiger charge is 2.56. The molecular formula is C32H39N5O5. The number of alkyl carbamates (subject to hydrolysis) is 1. The molecule has 1 saturated heterocycles. The number of carbonyl (C=O) groups excluding carboxylic acids is 4. The summed E-state index contributed by atoms with van der Waals surface area (Å²) in [6.45, 7) is 7.61. The third-order valence-electron chi connectivity index (χ3n) is 8.13. The Labute approximate surface area is 247 Å². The van der Waals surface area contributed by atoms with E-state index in [0.717, 1.165) is 11.1 Å². The van der Waals surface area contributed by atoms with Gasteiger partial charge in [0.05, 0.1) is 11.5 Å². The lowest BCUT2D eigenvalue weighted by Crippen LogP contribution is -2.57. The minimum absolute atomic E-state index is 0.0429. The molecule has 0 unspecified atom stereocenters. The molecule has 4 rings (SSSR count). The van der Waals surface area contributed by atoms with Gasteiger partial charge in [-0.25, -0.2) is 4.79 Å². The zero-order valence-electron chi connectivity index (χ0n) is 24.8. The Balaban J connectivity index is 1.53. The summed E-state index contributed by atoms with van der Waals surface area (Å²) in [6, 6.07) is 16.1. The Hall–Kier alpha value is -4.39. The fraction of sp³-hybridized carbons (Fsp3) is 0.469. The van der Waals surface area contributed by atoms with Crippen LogP contribution in [0.15, 0.2) is 54.6 Å². The summed E-state index contributed by atoms with van der Waals surface area (Å²) in [7, 11) is 1.55. The van der Waals surface area contributed by atoms with Crippen LogP contribution in [0.1, 0.15) is 51.7 Å². The van der Waals surface area contributed by atoms with Gasteiger partial charge < -0.3 is 25.2 Å². The van der Waals surface area contributed by atoms with Crippen molar-refractivity contribution in [1.29, 1.82) is 5.26 Å². The normalized spacial score (nSPS) is 20.6. The first-order valence-electron chi connectivity index (χ1n) is 14.3. The highest BCUT2D eigenvalue weighted by molar-refractivity contribution is 6.07. The van der Waals surface area contributed by atoms with Crippen molar-refractivity contribution in [2.24, 2.45) is 11.8 Å². The predicted octanol–water partition coefficient (Wildman–Crippen LogP) is 3.83. The Morgan fingerprint density at radius 1 is 1.12 bits per heavy atom. The van der Waals surface area contributed by atoms with E-state index < -0.39 is 41.4 Å². The van der Waals surface area contributed by atoms with E-state index in [0.29, 0.717) is 12.1 Å². The Morgan fingerprint density at radius 2 is 1.79 bits per heavy atom. The fourth-order valence-corrected chi connectivity index (χ4v) is 5.83. The molecule has 0 radical (unpaired) electrons. The Morgan fingerprint density at radius 3 is 2.43 bits per heavy atom. The van der Waals surface area contributed by atoms with E-state index in [1.165, 1.54) is 9.80 Å². The minimum atomic E-state index is -1.03. The number of hydrogen-bond acceptors (Lipinski definition) is 6. The number of carbonyl (C=O) groups is 4. The topological polar surface area (TPSA) is 132 Å². The highest BCUT2D eigenvalue weighted by atomic mass is 16.5. The molecule has 0 aliphatic carbocycles. The number of para-hydroxylation sites is 1. The van der Waals surface area contributed by atoms with Crippen LogP contribution < -0.4 is 10.6 Å². The summed E-state index contributed by atoms with van der Waals surface area (Å²) in [6.07, 6.45) is -0.217. The number of nitriles is 1. The zero-order chi connectivity index (χ0) is 30.6. The largest absolute Gasteiger partial charge is 0.445 e. The first-order valence-corrected chi connectivity index (χ1v) is 14.3. The second kappa shape index (κ2) is 12.6. The highest BCUT2D eigenvalue weighted by Crippen LogP contribution is 2.46. The van der Waals surface area contributed by atoms with Crippen LogP contribution in [0.2, 0.25) is 0 Å². The smallest absolute Gasteiger partial charge is 0.408 e. The molecule has 4 atom stereocenters. The van der Waals surface area contributed by atoms with E-state index in [1.807, 2.05) is 68.4 Å². The van der Waals surface area contributed by atoms with Crippen molar-refractivity contribution in [3.63, 3.8) is 0 Å². The van der Waals surface area contributed by atoms with E-state index in [2.05, 4.69) is 16.7 Å². The molecule has 2 aliphatic rings. The maximum Gasteiger partial charge on any atom is 0.408 e. The summed E-state index contributed by atoms with van der Waals surface area (Å²) in [5, 5.41) is 15.6. The maximum atomic E-state index is 14.2. The van der Waals surface area contributed by atoms with Gasteiger partial charge in [0.25, 0.3) is 0 Å². The van der Waals surface area contributed by atoms with Gasteiger partial charge in [-0.3, -0.25) is 14.4 Å². The van der Waals surface area contributed by atoms with Crippen molar-refractivity contribution >= 4 is 29.5 Å². The van der Waals surface area contributed by atoms with Crippen molar-refractivity contribution in [1.82, 2.24) is 15.1 Å². The van der Waals surface area contributed by atoms with Gasteiger partial charge in [-0.2, -0.15) is 5.26 Å². The molecule has 10 heteroatoms. The van der Waals surface area contributed by atoms with E-state index in [4.69, 9.17) is 4.74 Å². The summed E-state index contributed by atoms with van der Waals surface area (Å²) in [4.78, 5) is 56.7. The van der Waals surface area contributed by atoms with Crippen molar-refractivity contribution in [2.75, 3.05) is 18.9 Å². The second-order valence-corrected chi connectivity index (χ2v) is 11.9. The van der Waals surface area contributed by atoms with E-state index in [1.54, 1.807) is 20.9 Å². The average Bonchev–Trinajstić information content (AvgIpc) is 3.50. The first-order chi connectivity index (χ1) is 20.0. The number of likely N-dealkylation sites (tertiary alicyclic amines) is 1. The van der Waals surface area contributed by atoms with Gasteiger partial charge in [-0.15, -0.1) is 0 Å². The molecule has 2 aliphatic heterocycles. The van der Waals surface area contributed by atoms with Crippen molar-refractivity contribution in [3.8, 4) is 6.07 Å². The van der Waals surface area contributed by atoms with E-state index in [9.17, 15) is 24.4 Å². The molecule has 0 bridgehead atoms. The van der Waals surface area contributed by atoms with E-state index in [-0.39, 0.29) is 37.3 Å². The molecule has 2 heterocycles. The molecule has 2 N–H and O–H groups in total. The van der Waals surface area contributed by atoms with E-state index >= 15 is 0 Å². The van der Waals surface area contributed by atoms with Crippen LogP contribution >= 0.6 is 0 Å². The summed E-state index contributed by atoms with van der Waals surface area (Å²) >= 11 is 0. The third-order valence-corrected chi connectivity index (χ3v) is 8.13. The van der Waals surface area contributed by atoms with Crippen LogP contribution in [0.3, 0.4) is 0 Å². The molecule has 0 aromatic heterocycles. The number of fused-ring (bicyclic) bond motifs is 2. The number of anilines is 1. The van der Waals surface area contributed by atoms with Gasteiger partial charge in [0.2, 0.25) is 17.7 Å². The number of amides is 4. The van der Waals surface area contributed by atoms with Crippen LogP contribution in [0, 0.1) is 23.2 Å². The van der Waals surface area contributed by atoms with Gasteiger partial charge in [0.1, 0.15) is 24.7 Å². The lowest BCUT2D eigenvalue weighted by molar-refractivity contribution is -0.147. The van der Waals surface area contributed by atoms with Gasteiger partial charge in [-0.05, 0) is 35.4 Å². The molecule has 1 spiro atoms. The number of ether oxygens (including phenoxy) is 1. The number of nitrogens with zero attached hydrogens (tertiary/aromatic N) is 3. The minimum Gasteiger partial charge on any atom is -0.445 e. The van der Waals surface area contributed by atoms with Crippen LogP contribution in [-0.2, 0) is 31.1 Å². The monoisotopic (exact) mass is 573 g/mol. The first kappa shape index (κ1) is 30.6. The molecule has 0 saturated carbocycles. The van der Waals surface area contributed by atoms with Gasteiger partial charge in [0, 0.05) is 25.7 Å². The zero-order valence-corrected chi connectivity index (χ0v) is 24.8. The molecule has 42 heavy (non-hydrogen) atoms. The number of benzene rings is 2. The number of nitrogens with one attached hydrogen (secondary N) is 2. The van der Waals surface area contributed by atoms with Crippen molar-refractivity contribution < 1.29 is 23.9 Å². The Kier molecular flexibility index (Phi) is 9.20. The molecule has 4 amide bonds. The molecule has 222 valence electrons. The average molecular weight is 574 g/mol. The number of rotatable bonds is 9. The van der Waals surface area contributed by atoms with Crippen LogP contribution in [0.4, 0.5) is 10.5 Å². The van der Waals surface area contributed by atoms with Crippen molar-refractivity contribution in [2.45, 2.75) is 70.7 Å². The third kappa shape index (κ3) is 6.10. The summed E-state index contributed by atoms with van der Waals surface area (Å²) in [5.74, 6) is -1.31. The molecular weight excluding hydrogens is 534 g/mol. The summed E-state index contributed by atoms with van der Waals surface area (Å²) in [5.41, 5.74) is 1.24. The van der Waals surface area contributed by atoms with Crippen LogP contribution in [0.25, 0.3) is 0 Å². The van der Waals surface area contributed by atoms with Gasteiger partial charge >= 0.3 is 6.09 Å². The molecule has 2 aromatic carbocycles. The molecule has 2 aromatic rings. The summed E-state index contributed by atoms with van der Waals surface area (Å²) < 4.78 is 5.34. The van der Waals surface area contributed by atoms with Crippen LogP contribution in [0.5, 0.6) is 0 Å². The SMILES string of the molecule is CC(C)C[C@@H](C(=O)N1C[C@]2(C[C@H]1C#N)C(=O)Nc1ccccc12)N(C)C(=O)[C@@H](NC(=O)OCc1ccccc1)C(C)C. The van der Waals surface area contributed by atoms with Crippen LogP contribution in [-0.4, -0.2) is 65.3 Å². The second-order valence-electron chi connectivity index (χ2n) is 11.9. The Bertz CT molecular complexity index is 1370. The van der Waals surface area contributed by atoms with Gasteiger partial charge in [0.15, 0.2) is 0 Å². The fourth-order valence-electron chi connectivity index (χ4n) is 5.83. The lowest BCUT2D eigenvalue weighted by atomic mass is 9.80. The molecule has 1 fully saturated rings. The number of hydrogen-bond donors (Lipinski definition) is 2. The predicted molar refractivity (Wildman–Crippen MR) is 157 cm³/mol. The maximum absolute atomic E-state index is 14.2. The lowest BCUT2D eigenvalue weighted by Gasteiger charge is -2.35. The quantitative estimate of drug-likeness (QED) is 0.469. The van der Waals surface area contributed by atoms with Crippen molar-refractivity contribution in [3.05, 3.63) is 65.7 Å².